The van der Waals surface area contributed by atoms with Crippen molar-refractivity contribution in [2.75, 3.05) is 6.61 Å². The van der Waals surface area contributed by atoms with Crippen LogP contribution in [0.5, 0.6) is 5.75 Å². The molecule has 0 saturated heterocycles. The van der Waals surface area contributed by atoms with Crippen molar-refractivity contribution >= 4 is 0 Å². The van der Waals surface area contributed by atoms with E-state index in [4.69, 9.17) is 4.74 Å². The van der Waals surface area contributed by atoms with Gasteiger partial charge in [0, 0.05) is 0 Å². The molecule has 0 aliphatic rings. The smallest absolute Gasteiger partial charge is 0.122 e. The van der Waals surface area contributed by atoms with Gasteiger partial charge in [0.05, 0.1) is 12.7 Å². The molecule has 2 nitrogen and oxygen atoms in total. The van der Waals surface area contributed by atoms with Crippen LogP contribution >= 0.6 is 0 Å². The van der Waals surface area contributed by atoms with E-state index in [1.54, 1.807) is 0 Å². The van der Waals surface area contributed by atoms with Crippen molar-refractivity contribution < 1.29 is 9.84 Å². The lowest BCUT2D eigenvalue weighted by atomic mass is 9.97. The first-order valence-corrected chi connectivity index (χ1v) is 6.90. The van der Waals surface area contributed by atoms with Crippen LogP contribution in [0.3, 0.4) is 0 Å². The summed E-state index contributed by atoms with van der Waals surface area (Å²) in [6, 6.07) is 6.04. The zero-order valence-corrected chi connectivity index (χ0v) is 12.2. The summed E-state index contributed by atoms with van der Waals surface area (Å²) in [7, 11) is 0. The first-order valence-electron chi connectivity index (χ1n) is 6.90. The maximum absolute atomic E-state index is 9.90. The van der Waals surface area contributed by atoms with Gasteiger partial charge in [0.2, 0.25) is 0 Å². The van der Waals surface area contributed by atoms with Gasteiger partial charge in [0.1, 0.15) is 5.75 Å². The molecule has 18 heavy (non-hydrogen) atoms. The van der Waals surface area contributed by atoms with Gasteiger partial charge in [-0.15, -0.1) is 0 Å². The van der Waals surface area contributed by atoms with Crippen LogP contribution in [0, 0.1) is 5.92 Å². The average molecular weight is 250 g/mol. The molecule has 0 radical (unpaired) electrons. The molecule has 0 spiro atoms. The van der Waals surface area contributed by atoms with E-state index >= 15 is 0 Å². The van der Waals surface area contributed by atoms with E-state index in [2.05, 4.69) is 33.8 Å². The molecule has 1 N–H and O–H groups in total. The highest BCUT2D eigenvalue weighted by atomic mass is 16.5. The predicted molar refractivity (Wildman–Crippen MR) is 76.1 cm³/mol. The normalized spacial score (nSPS) is 13.1. The highest BCUT2D eigenvalue weighted by Gasteiger charge is 2.12. The molecular weight excluding hydrogens is 224 g/mol. The third-order valence-electron chi connectivity index (χ3n) is 3.00. The SMILES string of the molecule is CCC(O)c1ccc(OCC(C)C)c(C(C)C)c1. The molecule has 0 saturated carbocycles. The Bertz CT molecular complexity index is 369. The Labute approximate surface area is 111 Å². The van der Waals surface area contributed by atoms with E-state index in [9.17, 15) is 5.11 Å². The van der Waals surface area contributed by atoms with Crippen LogP contribution in [0.1, 0.15) is 64.2 Å². The van der Waals surface area contributed by atoms with Gasteiger partial charge in [-0.05, 0) is 41.5 Å². The van der Waals surface area contributed by atoms with Crippen LogP contribution in [0.15, 0.2) is 18.2 Å². The Hall–Kier alpha value is -1.02. The molecule has 1 unspecified atom stereocenters. The third kappa shape index (κ3) is 4.02. The summed E-state index contributed by atoms with van der Waals surface area (Å²) in [6.07, 6.45) is 0.366. The molecule has 0 amide bonds. The van der Waals surface area contributed by atoms with Crippen molar-refractivity contribution in [3.05, 3.63) is 29.3 Å². The number of aliphatic hydroxyl groups excluding tert-OH is 1. The number of benzene rings is 1. The van der Waals surface area contributed by atoms with Crippen LogP contribution < -0.4 is 4.74 Å². The fourth-order valence-corrected chi connectivity index (χ4v) is 1.85. The van der Waals surface area contributed by atoms with Crippen molar-refractivity contribution in [2.45, 2.75) is 53.1 Å². The number of hydrogen-bond donors (Lipinski definition) is 1. The van der Waals surface area contributed by atoms with Gasteiger partial charge in [-0.2, -0.15) is 0 Å². The second-order valence-electron chi connectivity index (χ2n) is 5.58. The zero-order valence-electron chi connectivity index (χ0n) is 12.2. The minimum absolute atomic E-state index is 0.373. The second-order valence-corrected chi connectivity index (χ2v) is 5.58. The van der Waals surface area contributed by atoms with E-state index in [1.807, 2.05) is 19.1 Å². The van der Waals surface area contributed by atoms with Gasteiger partial charge < -0.3 is 9.84 Å². The molecule has 0 heterocycles. The van der Waals surface area contributed by atoms with Crippen molar-refractivity contribution in [3.8, 4) is 5.75 Å². The van der Waals surface area contributed by atoms with Crippen LogP contribution in [0.4, 0.5) is 0 Å². The minimum atomic E-state index is -0.373. The lowest BCUT2D eigenvalue weighted by Gasteiger charge is -2.18. The van der Waals surface area contributed by atoms with Crippen LogP contribution in [-0.2, 0) is 0 Å². The molecule has 0 aliphatic carbocycles. The molecule has 0 aliphatic heterocycles. The van der Waals surface area contributed by atoms with Crippen molar-refractivity contribution in [2.24, 2.45) is 5.92 Å². The Morgan fingerprint density at radius 1 is 1.17 bits per heavy atom. The molecule has 1 rings (SSSR count). The molecule has 0 fully saturated rings. The fourth-order valence-electron chi connectivity index (χ4n) is 1.85. The van der Waals surface area contributed by atoms with E-state index in [-0.39, 0.29) is 6.10 Å². The van der Waals surface area contributed by atoms with E-state index in [0.29, 0.717) is 11.8 Å². The maximum Gasteiger partial charge on any atom is 0.122 e. The summed E-state index contributed by atoms with van der Waals surface area (Å²) < 4.78 is 5.85. The molecule has 1 aromatic carbocycles. The molecular formula is C16H26O2. The van der Waals surface area contributed by atoms with Gasteiger partial charge in [-0.25, -0.2) is 0 Å². The van der Waals surface area contributed by atoms with Crippen molar-refractivity contribution in [1.82, 2.24) is 0 Å². The largest absolute Gasteiger partial charge is 0.493 e. The summed E-state index contributed by atoms with van der Waals surface area (Å²) in [5.41, 5.74) is 2.17. The molecule has 2 heteroatoms. The summed E-state index contributed by atoms with van der Waals surface area (Å²) >= 11 is 0. The standard InChI is InChI=1S/C16H26O2/c1-6-15(17)13-7-8-16(18-10-11(2)3)14(9-13)12(4)5/h7-9,11-12,15,17H,6,10H2,1-5H3. The summed E-state index contributed by atoms with van der Waals surface area (Å²) in [4.78, 5) is 0. The Morgan fingerprint density at radius 3 is 2.33 bits per heavy atom. The molecule has 1 aromatic rings. The van der Waals surface area contributed by atoms with Crippen molar-refractivity contribution in [1.29, 1.82) is 0 Å². The zero-order chi connectivity index (χ0) is 13.7. The van der Waals surface area contributed by atoms with Crippen LogP contribution in [0.2, 0.25) is 0 Å². The number of rotatable bonds is 6. The highest BCUT2D eigenvalue weighted by Crippen LogP contribution is 2.30. The van der Waals surface area contributed by atoms with Gasteiger partial charge in [0.25, 0.3) is 0 Å². The lowest BCUT2D eigenvalue weighted by Crippen LogP contribution is -2.07. The molecule has 1 atom stereocenters. The predicted octanol–water partition coefficient (Wildman–Crippen LogP) is 4.29. The summed E-state index contributed by atoms with van der Waals surface area (Å²) in [5.74, 6) is 1.87. The maximum atomic E-state index is 9.90. The molecule has 0 aromatic heterocycles. The Kier molecular flexibility index (Phi) is 5.67. The number of ether oxygens (including phenoxy) is 1. The second kappa shape index (κ2) is 6.79. The Morgan fingerprint density at radius 2 is 1.83 bits per heavy atom. The number of hydrogen-bond acceptors (Lipinski definition) is 2. The monoisotopic (exact) mass is 250 g/mol. The number of aliphatic hydroxyl groups is 1. The lowest BCUT2D eigenvalue weighted by molar-refractivity contribution is 0.173. The van der Waals surface area contributed by atoms with E-state index < -0.39 is 0 Å². The van der Waals surface area contributed by atoms with Crippen LogP contribution in [0.25, 0.3) is 0 Å². The molecule has 0 bridgehead atoms. The highest BCUT2D eigenvalue weighted by molar-refractivity contribution is 5.40. The van der Waals surface area contributed by atoms with Gasteiger partial charge in [-0.3, -0.25) is 0 Å². The van der Waals surface area contributed by atoms with E-state index in [1.165, 1.54) is 5.56 Å². The Balaban J connectivity index is 2.97. The quantitative estimate of drug-likeness (QED) is 0.816. The van der Waals surface area contributed by atoms with Gasteiger partial charge in [0.15, 0.2) is 0 Å². The van der Waals surface area contributed by atoms with Gasteiger partial charge >= 0.3 is 0 Å². The fraction of sp³-hybridized carbons (Fsp3) is 0.625. The van der Waals surface area contributed by atoms with Gasteiger partial charge in [-0.1, -0.05) is 40.7 Å². The topological polar surface area (TPSA) is 29.5 Å². The average Bonchev–Trinajstić information content (AvgIpc) is 2.34. The summed E-state index contributed by atoms with van der Waals surface area (Å²) in [6.45, 7) is 11.3. The molecule has 102 valence electrons. The minimum Gasteiger partial charge on any atom is -0.493 e. The van der Waals surface area contributed by atoms with E-state index in [0.717, 1.165) is 24.3 Å². The third-order valence-corrected chi connectivity index (χ3v) is 3.00. The van der Waals surface area contributed by atoms with Crippen LogP contribution in [-0.4, -0.2) is 11.7 Å². The summed E-state index contributed by atoms with van der Waals surface area (Å²) in [5, 5.41) is 9.90. The first-order chi connectivity index (χ1) is 8.45. The van der Waals surface area contributed by atoms with Crippen molar-refractivity contribution in [3.63, 3.8) is 0 Å². The first kappa shape index (κ1) is 15.0.